The standard InChI is InChI=1S/C39H66/c1-11-27-34(6)20-15-31-37(9)21-16-29-35(7)18-13-25(3)33(4,5)28(35)14-19-36(29,8)30(37)17-22-38(31,10)32(34)23-26-24-39(26,27)12-2/h25-32H,11-24H2,1-10H3/t25?,26?,27-,28?,29?,30?,31?,32-,34?,35?,36?,37?,38?,39?/m0/s1. The van der Waals surface area contributed by atoms with Crippen molar-refractivity contribution >= 4 is 0 Å². The van der Waals surface area contributed by atoms with Crippen LogP contribution >= 0.6 is 0 Å². The summed E-state index contributed by atoms with van der Waals surface area (Å²) in [7, 11) is 0. The van der Waals surface area contributed by atoms with E-state index in [2.05, 4.69) is 69.2 Å². The van der Waals surface area contributed by atoms with Crippen molar-refractivity contribution in [2.45, 2.75) is 159 Å². The lowest BCUT2D eigenvalue weighted by atomic mass is 9.30. The topological polar surface area (TPSA) is 0 Å². The second kappa shape index (κ2) is 8.13. The SMILES string of the molecule is CC[C@@H]1C2(CC)CC2C[C@@H]2C3(C)CCC4C5(C)CCC6C(C)(C)C(C)CCC6(C)C5CCC4(C)C3CCC21C. The van der Waals surface area contributed by atoms with Crippen LogP contribution in [0.1, 0.15) is 159 Å². The fourth-order valence-corrected chi connectivity index (χ4v) is 16.7. The Morgan fingerprint density at radius 1 is 0.538 bits per heavy atom. The zero-order valence-electron chi connectivity index (χ0n) is 28.0. The number of fused-ring (bicyclic) bond motifs is 10. The molecule has 0 aromatic carbocycles. The maximum Gasteiger partial charge on any atom is -0.0235 e. The van der Waals surface area contributed by atoms with Crippen molar-refractivity contribution in [3.63, 3.8) is 0 Å². The van der Waals surface area contributed by atoms with Gasteiger partial charge in [-0.2, -0.15) is 0 Å². The fraction of sp³-hybridized carbons (Fsp3) is 1.00. The molecule has 0 N–H and O–H groups in total. The highest BCUT2D eigenvalue weighted by Gasteiger charge is 2.74. The van der Waals surface area contributed by atoms with Gasteiger partial charge in [-0.15, -0.1) is 0 Å². The van der Waals surface area contributed by atoms with Crippen molar-refractivity contribution in [3.05, 3.63) is 0 Å². The molecule has 0 nitrogen and oxygen atoms in total. The summed E-state index contributed by atoms with van der Waals surface area (Å²) >= 11 is 0. The molecule has 0 spiro atoms. The first kappa shape index (κ1) is 27.8. The van der Waals surface area contributed by atoms with Gasteiger partial charge in [0.25, 0.3) is 0 Å². The molecule has 0 heteroatoms. The van der Waals surface area contributed by atoms with E-state index in [4.69, 9.17) is 0 Å². The van der Waals surface area contributed by atoms with Crippen molar-refractivity contribution in [1.82, 2.24) is 0 Å². The van der Waals surface area contributed by atoms with E-state index in [1.165, 1.54) is 44.9 Å². The predicted octanol–water partition coefficient (Wildman–Crippen LogP) is 11.6. The molecule has 7 fully saturated rings. The lowest BCUT2D eigenvalue weighted by Gasteiger charge is -2.74. The highest BCUT2D eigenvalue weighted by molar-refractivity contribution is 5.23. The molecule has 0 radical (unpaired) electrons. The molecule has 0 aromatic rings. The Morgan fingerprint density at radius 2 is 0.974 bits per heavy atom. The highest BCUT2D eigenvalue weighted by atomic mass is 14.8. The van der Waals surface area contributed by atoms with Gasteiger partial charge in [-0.3, -0.25) is 0 Å². The molecule has 0 heterocycles. The molecule has 0 aliphatic heterocycles. The van der Waals surface area contributed by atoms with Gasteiger partial charge >= 0.3 is 0 Å². The van der Waals surface area contributed by atoms with Crippen LogP contribution in [0.15, 0.2) is 0 Å². The van der Waals surface area contributed by atoms with Crippen LogP contribution in [0.4, 0.5) is 0 Å². The van der Waals surface area contributed by atoms with Crippen molar-refractivity contribution in [1.29, 1.82) is 0 Å². The van der Waals surface area contributed by atoms with E-state index >= 15 is 0 Å². The molecule has 39 heavy (non-hydrogen) atoms. The van der Waals surface area contributed by atoms with E-state index in [-0.39, 0.29) is 0 Å². The minimum absolute atomic E-state index is 0.515. The zero-order valence-corrected chi connectivity index (χ0v) is 28.0. The van der Waals surface area contributed by atoms with E-state index in [9.17, 15) is 0 Å². The third kappa shape index (κ3) is 3.10. The summed E-state index contributed by atoms with van der Waals surface area (Å²) < 4.78 is 0. The second-order valence-corrected chi connectivity index (χ2v) is 19.4. The van der Waals surface area contributed by atoms with Gasteiger partial charge in [0.05, 0.1) is 0 Å². The summed E-state index contributed by atoms with van der Waals surface area (Å²) in [6.07, 6.45) is 21.3. The summed E-state index contributed by atoms with van der Waals surface area (Å²) in [6.45, 7) is 27.2. The van der Waals surface area contributed by atoms with Gasteiger partial charge in [-0.05, 0) is 169 Å². The van der Waals surface area contributed by atoms with Gasteiger partial charge in [0.1, 0.15) is 0 Å². The van der Waals surface area contributed by atoms with Crippen LogP contribution in [0.25, 0.3) is 0 Å². The Hall–Kier alpha value is 0. The smallest absolute Gasteiger partial charge is 0.0235 e. The third-order valence-corrected chi connectivity index (χ3v) is 18.7. The molecule has 7 rings (SSSR count). The van der Waals surface area contributed by atoms with Crippen LogP contribution < -0.4 is 0 Å². The fourth-order valence-electron chi connectivity index (χ4n) is 16.7. The average molecular weight is 535 g/mol. The minimum Gasteiger partial charge on any atom is -0.0651 e. The van der Waals surface area contributed by atoms with Gasteiger partial charge in [-0.25, -0.2) is 0 Å². The molecule has 0 aromatic heterocycles. The summed E-state index contributed by atoms with van der Waals surface area (Å²) in [5.41, 5.74) is 4.15. The number of rotatable bonds is 2. The van der Waals surface area contributed by atoms with E-state index in [0.29, 0.717) is 32.5 Å². The van der Waals surface area contributed by atoms with Crippen molar-refractivity contribution in [2.75, 3.05) is 0 Å². The molecule has 0 bridgehead atoms. The molecule has 0 amide bonds. The first-order valence-electron chi connectivity index (χ1n) is 18.2. The Bertz CT molecular complexity index is 1010. The van der Waals surface area contributed by atoms with Crippen LogP contribution in [0.5, 0.6) is 0 Å². The van der Waals surface area contributed by atoms with Gasteiger partial charge in [0, 0.05) is 0 Å². The molecule has 7 aliphatic rings. The molecular weight excluding hydrogens is 468 g/mol. The van der Waals surface area contributed by atoms with Crippen molar-refractivity contribution in [2.24, 2.45) is 85.2 Å². The van der Waals surface area contributed by atoms with E-state index in [0.717, 1.165) is 52.8 Å². The monoisotopic (exact) mass is 535 g/mol. The van der Waals surface area contributed by atoms with Crippen LogP contribution in [-0.2, 0) is 0 Å². The van der Waals surface area contributed by atoms with E-state index < -0.39 is 0 Å². The summed E-state index contributed by atoms with van der Waals surface area (Å²) in [5.74, 6) is 7.76. The Kier molecular flexibility index (Phi) is 5.80. The van der Waals surface area contributed by atoms with Crippen LogP contribution in [-0.4, -0.2) is 0 Å². The first-order chi connectivity index (χ1) is 18.2. The average Bonchev–Trinajstić information content (AvgIpc) is 3.58. The lowest BCUT2D eigenvalue weighted by Crippen LogP contribution is -2.67. The number of hydrogen-bond donors (Lipinski definition) is 0. The largest absolute Gasteiger partial charge is 0.0651 e. The maximum atomic E-state index is 2.87. The van der Waals surface area contributed by atoms with E-state index in [1.54, 1.807) is 44.9 Å². The first-order valence-corrected chi connectivity index (χ1v) is 18.2. The molecule has 7 saturated carbocycles. The molecule has 0 saturated heterocycles. The zero-order chi connectivity index (χ0) is 28.0. The lowest BCUT2D eigenvalue weighted by molar-refractivity contribution is -0.258. The molecule has 7 aliphatic carbocycles. The maximum absolute atomic E-state index is 2.87. The number of hydrogen-bond acceptors (Lipinski definition) is 0. The van der Waals surface area contributed by atoms with Gasteiger partial charge < -0.3 is 0 Å². The van der Waals surface area contributed by atoms with Crippen molar-refractivity contribution in [3.8, 4) is 0 Å². The van der Waals surface area contributed by atoms with Gasteiger partial charge in [0.15, 0.2) is 0 Å². The predicted molar refractivity (Wildman–Crippen MR) is 166 cm³/mol. The summed E-state index contributed by atoms with van der Waals surface area (Å²) in [4.78, 5) is 0. The molecule has 14 atom stereocenters. The molecule has 12 unspecified atom stereocenters. The van der Waals surface area contributed by atoms with Crippen molar-refractivity contribution < 1.29 is 0 Å². The summed E-state index contributed by atoms with van der Waals surface area (Å²) in [5, 5.41) is 0. The van der Waals surface area contributed by atoms with Crippen LogP contribution in [0.2, 0.25) is 0 Å². The quantitative estimate of drug-likeness (QED) is 0.330. The normalized spacial score (nSPS) is 62.9. The molecule has 222 valence electrons. The van der Waals surface area contributed by atoms with E-state index in [1.807, 2.05) is 0 Å². The van der Waals surface area contributed by atoms with Gasteiger partial charge in [-0.1, -0.05) is 75.7 Å². The Labute approximate surface area is 244 Å². The van der Waals surface area contributed by atoms with Crippen LogP contribution in [0.3, 0.4) is 0 Å². The Morgan fingerprint density at radius 3 is 1.49 bits per heavy atom. The van der Waals surface area contributed by atoms with Gasteiger partial charge in [0.2, 0.25) is 0 Å². The highest BCUT2D eigenvalue weighted by Crippen LogP contribution is 2.82. The Balaban J connectivity index is 1.22. The third-order valence-electron chi connectivity index (χ3n) is 18.7. The second-order valence-electron chi connectivity index (χ2n) is 19.4. The molecular formula is C39H66. The minimum atomic E-state index is 0.515. The van der Waals surface area contributed by atoms with Crippen LogP contribution in [0, 0.1) is 85.2 Å². The summed E-state index contributed by atoms with van der Waals surface area (Å²) in [6, 6.07) is 0.